The van der Waals surface area contributed by atoms with Crippen LogP contribution in [0.4, 0.5) is 0 Å². The van der Waals surface area contributed by atoms with Crippen molar-refractivity contribution in [3.8, 4) is 0 Å². The Balaban J connectivity index is 1.80. The van der Waals surface area contributed by atoms with Crippen LogP contribution < -0.4 is 5.32 Å². The second-order valence-corrected chi connectivity index (χ2v) is 6.64. The number of benzene rings is 1. The van der Waals surface area contributed by atoms with Crippen molar-refractivity contribution in [3.05, 3.63) is 52.5 Å². The van der Waals surface area contributed by atoms with Crippen molar-refractivity contribution in [2.75, 3.05) is 13.1 Å². The standard InChI is InChI=1S/C17H23N3S/c1-3-16(17-18-9-10-21-17)20-12-15(19-11-13(20)2)14-7-5-4-6-8-14/h4-10,13,15-16,19H,3,11-12H2,1-2H3. The largest absolute Gasteiger partial charge is 0.307 e. The number of thiazole rings is 1. The molecule has 4 heteroatoms. The van der Waals surface area contributed by atoms with Gasteiger partial charge in [0.15, 0.2) is 0 Å². The topological polar surface area (TPSA) is 28.2 Å². The van der Waals surface area contributed by atoms with Crippen molar-refractivity contribution >= 4 is 11.3 Å². The van der Waals surface area contributed by atoms with Crippen LogP contribution in [0.1, 0.15) is 42.9 Å². The number of nitrogens with zero attached hydrogens (tertiary/aromatic N) is 2. The van der Waals surface area contributed by atoms with Gasteiger partial charge in [0.05, 0.1) is 6.04 Å². The second-order valence-electron chi connectivity index (χ2n) is 5.71. The highest BCUT2D eigenvalue weighted by Gasteiger charge is 2.32. The maximum atomic E-state index is 4.55. The van der Waals surface area contributed by atoms with Crippen LogP contribution in [-0.4, -0.2) is 29.0 Å². The van der Waals surface area contributed by atoms with Gasteiger partial charge in [-0.2, -0.15) is 0 Å². The van der Waals surface area contributed by atoms with E-state index in [4.69, 9.17) is 0 Å². The second kappa shape index (κ2) is 6.69. The number of piperazine rings is 1. The molecule has 0 amide bonds. The molecule has 0 bridgehead atoms. The molecule has 1 aromatic heterocycles. The molecule has 1 fully saturated rings. The predicted octanol–water partition coefficient (Wildman–Crippen LogP) is 3.63. The van der Waals surface area contributed by atoms with E-state index in [1.165, 1.54) is 10.6 Å². The Hall–Kier alpha value is -1.23. The van der Waals surface area contributed by atoms with Gasteiger partial charge < -0.3 is 5.32 Å². The van der Waals surface area contributed by atoms with E-state index in [0.717, 1.165) is 19.5 Å². The summed E-state index contributed by atoms with van der Waals surface area (Å²) >= 11 is 1.78. The van der Waals surface area contributed by atoms with Crippen LogP contribution in [0, 0.1) is 0 Å². The van der Waals surface area contributed by atoms with E-state index >= 15 is 0 Å². The molecule has 1 aliphatic rings. The minimum Gasteiger partial charge on any atom is -0.307 e. The molecule has 1 aromatic carbocycles. The SMILES string of the molecule is CCC(c1nccs1)N1CC(c2ccccc2)NCC1C. The van der Waals surface area contributed by atoms with E-state index in [-0.39, 0.29) is 0 Å². The first kappa shape index (κ1) is 14.7. The quantitative estimate of drug-likeness (QED) is 0.934. The molecule has 3 rings (SSSR count). The van der Waals surface area contributed by atoms with Crippen LogP contribution in [-0.2, 0) is 0 Å². The van der Waals surface area contributed by atoms with Gasteiger partial charge in [-0.05, 0) is 18.9 Å². The first-order chi connectivity index (χ1) is 10.3. The summed E-state index contributed by atoms with van der Waals surface area (Å²) in [7, 11) is 0. The Bertz CT molecular complexity index is 540. The van der Waals surface area contributed by atoms with Crippen LogP contribution in [0.25, 0.3) is 0 Å². The lowest BCUT2D eigenvalue weighted by Gasteiger charge is -2.42. The van der Waals surface area contributed by atoms with Crippen molar-refractivity contribution in [2.24, 2.45) is 0 Å². The van der Waals surface area contributed by atoms with Crippen molar-refractivity contribution in [1.29, 1.82) is 0 Å². The van der Waals surface area contributed by atoms with E-state index in [1.807, 2.05) is 6.20 Å². The zero-order chi connectivity index (χ0) is 14.7. The molecule has 0 aliphatic carbocycles. The van der Waals surface area contributed by atoms with Crippen molar-refractivity contribution in [3.63, 3.8) is 0 Å². The monoisotopic (exact) mass is 301 g/mol. The third-order valence-corrected chi connectivity index (χ3v) is 5.22. The summed E-state index contributed by atoms with van der Waals surface area (Å²) in [6.45, 7) is 6.65. The molecule has 1 saturated heterocycles. The maximum Gasteiger partial charge on any atom is 0.110 e. The number of rotatable bonds is 4. The van der Waals surface area contributed by atoms with E-state index < -0.39 is 0 Å². The number of hydrogen-bond acceptors (Lipinski definition) is 4. The molecule has 1 aliphatic heterocycles. The lowest BCUT2D eigenvalue weighted by molar-refractivity contribution is 0.0875. The highest BCUT2D eigenvalue weighted by Crippen LogP contribution is 2.31. The lowest BCUT2D eigenvalue weighted by atomic mass is 10.00. The van der Waals surface area contributed by atoms with Crippen LogP contribution in [0.2, 0.25) is 0 Å². The molecule has 3 atom stereocenters. The summed E-state index contributed by atoms with van der Waals surface area (Å²) in [6.07, 6.45) is 3.03. The summed E-state index contributed by atoms with van der Waals surface area (Å²) in [5.74, 6) is 0. The van der Waals surface area contributed by atoms with Crippen molar-refractivity contribution in [1.82, 2.24) is 15.2 Å². The van der Waals surface area contributed by atoms with Crippen LogP contribution in [0.3, 0.4) is 0 Å². The minimum atomic E-state index is 0.413. The molecular weight excluding hydrogens is 278 g/mol. The number of aromatic nitrogens is 1. The molecule has 0 spiro atoms. The average Bonchev–Trinajstić information content (AvgIpc) is 3.05. The molecule has 0 radical (unpaired) electrons. The van der Waals surface area contributed by atoms with E-state index in [2.05, 4.69) is 64.8 Å². The lowest BCUT2D eigenvalue weighted by Crippen LogP contribution is -2.52. The molecule has 112 valence electrons. The first-order valence-electron chi connectivity index (χ1n) is 7.73. The summed E-state index contributed by atoms with van der Waals surface area (Å²) in [5, 5.41) is 7.01. The summed E-state index contributed by atoms with van der Waals surface area (Å²) in [4.78, 5) is 7.17. The highest BCUT2D eigenvalue weighted by molar-refractivity contribution is 7.09. The molecule has 3 nitrogen and oxygen atoms in total. The molecule has 3 unspecified atom stereocenters. The zero-order valence-corrected chi connectivity index (χ0v) is 13.5. The van der Waals surface area contributed by atoms with Gasteiger partial charge in [0.25, 0.3) is 0 Å². The van der Waals surface area contributed by atoms with Crippen LogP contribution >= 0.6 is 11.3 Å². The van der Waals surface area contributed by atoms with Crippen LogP contribution in [0.5, 0.6) is 0 Å². The van der Waals surface area contributed by atoms with E-state index in [9.17, 15) is 0 Å². The van der Waals surface area contributed by atoms with Gasteiger partial charge in [0.2, 0.25) is 0 Å². The van der Waals surface area contributed by atoms with E-state index in [0.29, 0.717) is 18.1 Å². The third kappa shape index (κ3) is 3.18. The number of hydrogen-bond donors (Lipinski definition) is 1. The Morgan fingerprint density at radius 3 is 2.86 bits per heavy atom. The fraction of sp³-hybridized carbons (Fsp3) is 0.471. The van der Waals surface area contributed by atoms with Gasteiger partial charge in [-0.1, -0.05) is 37.3 Å². The molecule has 21 heavy (non-hydrogen) atoms. The fourth-order valence-electron chi connectivity index (χ4n) is 3.18. The van der Waals surface area contributed by atoms with E-state index in [1.54, 1.807) is 11.3 Å². The zero-order valence-electron chi connectivity index (χ0n) is 12.7. The fourth-order valence-corrected chi connectivity index (χ4v) is 4.02. The Kier molecular flexibility index (Phi) is 4.68. The Morgan fingerprint density at radius 1 is 1.38 bits per heavy atom. The number of nitrogens with one attached hydrogen (secondary N) is 1. The highest BCUT2D eigenvalue weighted by atomic mass is 32.1. The Morgan fingerprint density at radius 2 is 2.19 bits per heavy atom. The van der Waals surface area contributed by atoms with Crippen molar-refractivity contribution in [2.45, 2.75) is 38.4 Å². The predicted molar refractivity (Wildman–Crippen MR) is 88.5 cm³/mol. The van der Waals surface area contributed by atoms with Gasteiger partial charge in [0.1, 0.15) is 5.01 Å². The summed E-state index contributed by atoms with van der Waals surface area (Å²) < 4.78 is 0. The van der Waals surface area contributed by atoms with Gasteiger partial charge in [-0.25, -0.2) is 4.98 Å². The normalized spacial score (nSPS) is 24.9. The van der Waals surface area contributed by atoms with Gasteiger partial charge in [-0.15, -0.1) is 11.3 Å². The molecule has 2 aromatic rings. The molecule has 1 N–H and O–H groups in total. The summed E-state index contributed by atoms with van der Waals surface area (Å²) in [5.41, 5.74) is 1.38. The third-order valence-electron chi connectivity index (χ3n) is 4.34. The van der Waals surface area contributed by atoms with Crippen molar-refractivity contribution < 1.29 is 0 Å². The van der Waals surface area contributed by atoms with Gasteiger partial charge in [-0.3, -0.25) is 4.90 Å². The first-order valence-corrected chi connectivity index (χ1v) is 8.61. The minimum absolute atomic E-state index is 0.413. The van der Waals surface area contributed by atoms with Gasteiger partial charge in [0, 0.05) is 36.8 Å². The molecular formula is C17H23N3S. The average molecular weight is 301 g/mol. The van der Waals surface area contributed by atoms with Crippen LogP contribution in [0.15, 0.2) is 41.9 Å². The van der Waals surface area contributed by atoms with Gasteiger partial charge >= 0.3 is 0 Å². The maximum absolute atomic E-state index is 4.55. The Labute approximate surface area is 131 Å². The molecule has 2 heterocycles. The summed E-state index contributed by atoms with van der Waals surface area (Å²) in [6, 6.07) is 12.2. The molecule has 0 saturated carbocycles. The smallest absolute Gasteiger partial charge is 0.110 e.